The van der Waals surface area contributed by atoms with E-state index in [4.69, 9.17) is 9.72 Å². The molecule has 0 unspecified atom stereocenters. The number of carbonyl (C=O) groups is 1. The Kier molecular flexibility index (Phi) is 7.91. The van der Waals surface area contributed by atoms with Crippen molar-refractivity contribution in [2.75, 3.05) is 44.9 Å². The first kappa shape index (κ1) is 21.6. The van der Waals surface area contributed by atoms with Gasteiger partial charge < -0.3 is 9.64 Å². The third-order valence-corrected chi connectivity index (χ3v) is 6.50. The molecule has 0 saturated heterocycles. The first-order chi connectivity index (χ1) is 14.1. The zero-order valence-electron chi connectivity index (χ0n) is 17.1. The van der Waals surface area contributed by atoms with Gasteiger partial charge in [-0.15, -0.1) is 11.8 Å². The Morgan fingerprint density at radius 1 is 1.14 bits per heavy atom. The number of thioether (sulfide) groups is 1. The molecule has 0 radical (unpaired) electrons. The van der Waals surface area contributed by atoms with Crippen LogP contribution in [0, 0.1) is 0 Å². The predicted molar refractivity (Wildman–Crippen MR) is 123 cm³/mol. The molecule has 7 heteroatoms. The van der Waals surface area contributed by atoms with Crippen LogP contribution in [0.1, 0.15) is 12.8 Å². The number of anilines is 1. The molecule has 0 fully saturated rings. The Bertz CT molecular complexity index is 928. The highest BCUT2D eigenvalue weighted by Crippen LogP contribution is 2.32. The van der Waals surface area contributed by atoms with Crippen LogP contribution >= 0.6 is 23.1 Å². The Morgan fingerprint density at radius 3 is 2.66 bits per heavy atom. The molecule has 0 spiro atoms. The van der Waals surface area contributed by atoms with Crippen molar-refractivity contribution in [3.63, 3.8) is 0 Å². The lowest BCUT2D eigenvalue weighted by Crippen LogP contribution is -2.33. The number of nitrogens with zero attached hydrogens (tertiary/aromatic N) is 3. The summed E-state index contributed by atoms with van der Waals surface area (Å²) in [7, 11) is 5.75. The summed E-state index contributed by atoms with van der Waals surface area (Å²) < 4.78 is 6.36. The van der Waals surface area contributed by atoms with E-state index in [0.717, 1.165) is 39.8 Å². The van der Waals surface area contributed by atoms with Crippen LogP contribution in [0.2, 0.25) is 0 Å². The summed E-state index contributed by atoms with van der Waals surface area (Å²) in [6, 6.07) is 16.0. The van der Waals surface area contributed by atoms with E-state index in [1.807, 2.05) is 55.4 Å². The summed E-state index contributed by atoms with van der Waals surface area (Å²) in [5, 5.41) is 0.765. The molecule has 154 valence electrons. The standard InChI is InChI=1S/C22H27N3O2S2/c1-24(2)13-7-14-25(21(26)12-15-28-18-8-5-4-6-9-18)22-23-19-16-17(27-3)10-11-20(19)29-22/h4-6,8-11,16H,7,12-15H2,1-3H3. The first-order valence-electron chi connectivity index (χ1n) is 9.64. The van der Waals surface area contributed by atoms with Crippen molar-refractivity contribution in [1.29, 1.82) is 0 Å². The van der Waals surface area contributed by atoms with Gasteiger partial charge in [0.2, 0.25) is 5.91 Å². The van der Waals surface area contributed by atoms with Crippen molar-refractivity contribution in [2.24, 2.45) is 0 Å². The number of hydrogen-bond donors (Lipinski definition) is 0. The molecule has 3 aromatic rings. The Labute approximate surface area is 180 Å². The average Bonchev–Trinajstić information content (AvgIpc) is 3.14. The highest BCUT2D eigenvalue weighted by Gasteiger charge is 2.19. The molecule has 0 N–H and O–H groups in total. The summed E-state index contributed by atoms with van der Waals surface area (Å²) >= 11 is 3.27. The molecule has 0 aliphatic rings. The second-order valence-corrected chi connectivity index (χ2v) is 9.12. The number of methoxy groups -OCH3 is 1. The molecule has 0 atom stereocenters. The summed E-state index contributed by atoms with van der Waals surface area (Å²) in [6.07, 6.45) is 1.39. The fraction of sp³-hybridized carbons (Fsp3) is 0.364. The summed E-state index contributed by atoms with van der Waals surface area (Å²) in [6.45, 7) is 1.60. The van der Waals surface area contributed by atoms with E-state index in [-0.39, 0.29) is 5.91 Å². The van der Waals surface area contributed by atoms with Crippen LogP contribution in [-0.2, 0) is 4.79 Å². The highest BCUT2D eigenvalue weighted by atomic mass is 32.2. The summed E-state index contributed by atoms with van der Waals surface area (Å²) in [5.74, 6) is 1.66. The topological polar surface area (TPSA) is 45.7 Å². The molecular weight excluding hydrogens is 402 g/mol. The largest absolute Gasteiger partial charge is 0.497 e. The smallest absolute Gasteiger partial charge is 0.229 e. The first-order valence-corrected chi connectivity index (χ1v) is 11.4. The zero-order valence-corrected chi connectivity index (χ0v) is 18.8. The van der Waals surface area contributed by atoms with Gasteiger partial charge in [0.25, 0.3) is 0 Å². The Morgan fingerprint density at radius 2 is 1.93 bits per heavy atom. The molecule has 3 rings (SSSR count). The predicted octanol–water partition coefficient (Wildman–Crippen LogP) is 4.77. The second-order valence-electron chi connectivity index (χ2n) is 6.94. The van der Waals surface area contributed by atoms with Crippen molar-refractivity contribution in [2.45, 2.75) is 17.7 Å². The molecule has 0 bridgehead atoms. The minimum Gasteiger partial charge on any atom is -0.497 e. The van der Waals surface area contributed by atoms with Crippen molar-refractivity contribution in [1.82, 2.24) is 9.88 Å². The third kappa shape index (κ3) is 6.19. The lowest BCUT2D eigenvalue weighted by Gasteiger charge is -2.21. The highest BCUT2D eigenvalue weighted by molar-refractivity contribution is 7.99. The number of ether oxygens (including phenoxy) is 1. The van der Waals surface area contributed by atoms with Crippen LogP contribution in [0.4, 0.5) is 5.13 Å². The van der Waals surface area contributed by atoms with Gasteiger partial charge in [-0.2, -0.15) is 0 Å². The fourth-order valence-electron chi connectivity index (χ4n) is 2.92. The number of hydrogen-bond acceptors (Lipinski definition) is 6. The number of amides is 1. The monoisotopic (exact) mass is 429 g/mol. The average molecular weight is 430 g/mol. The molecule has 0 aliphatic heterocycles. The summed E-state index contributed by atoms with van der Waals surface area (Å²) in [4.78, 5) is 23.0. The normalized spacial score (nSPS) is 11.2. The summed E-state index contributed by atoms with van der Waals surface area (Å²) in [5.41, 5.74) is 0.869. The Balaban J connectivity index is 1.71. The van der Waals surface area contributed by atoms with E-state index in [2.05, 4.69) is 17.0 Å². The maximum atomic E-state index is 13.1. The van der Waals surface area contributed by atoms with Crippen molar-refractivity contribution >= 4 is 44.4 Å². The van der Waals surface area contributed by atoms with E-state index >= 15 is 0 Å². The SMILES string of the molecule is COc1ccc2sc(N(CCCN(C)C)C(=O)CCSc3ccccc3)nc2c1. The van der Waals surface area contributed by atoms with Crippen LogP contribution < -0.4 is 9.64 Å². The number of rotatable bonds is 10. The van der Waals surface area contributed by atoms with Gasteiger partial charge in [0.05, 0.1) is 17.3 Å². The number of thiazole rings is 1. The number of benzene rings is 2. The van der Waals surface area contributed by atoms with Crippen LogP contribution in [0.5, 0.6) is 5.75 Å². The second kappa shape index (κ2) is 10.6. The molecule has 1 heterocycles. The lowest BCUT2D eigenvalue weighted by molar-refractivity contribution is -0.118. The number of aromatic nitrogens is 1. The molecule has 2 aromatic carbocycles. The molecule has 0 aliphatic carbocycles. The van der Waals surface area contributed by atoms with Crippen LogP contribution in [0.25, 0.3) is 10.2 Å². The number of fused-ring (bicyclic) bond motifs is 1. The van der Waals surface area contributed by atoms with Gasteiger partial charge in [-0.25, -0.2) is 4.98 Å². The van der Waals surface area contributed by atoms with Crippen molar-refractivity contribution in [3.8, 4) is 5.75 Å². The molecule has 1 aromatic heterocycles. The number of carbonyl (C=O) groups excluding carboxylic acids is 1. The molecule has 29 heavy (non-hydrogen) atoms. The van der Waals surface area contributed by atoms with E-state index in [9.17, 15) is 4.79 Å². The maximum absolute atomic E-state index is 13.1. The maximum Gasteiger partial charge on any atom is 0.229 e. The van der Waals surface area contributed by atoms with Gasteiger partial charge in [-0.05, 0) is 51.3 Å². The molecule has 0 saturated carbocycles. The fourth-order valence-corrected chi connectivity index (χ4v) is 4.77. The zero-order chi connectivity index (χ0) is 20.6. The van der Waals surface area contributed by atoms with E-state index in [1.165, 1.54) is 4.90 Å². The van der Waals surface area contributed by atoms with E-state index in [0.29, 0.717) is 13.0 Å². The minimum atomic E-state index is 0.123. The van der Waals surface area contributed by atoms with Gasteiger partial charge in [-0.1, -0.05) is 29.5 Å². The van der Waals surface area contributed by atoms with Crippen LogP contribution in [0.3, 0.4) is 0 Å². The quantitative estimate of drug-likeness (QED) is 0.434. The van der Waals surface area contributed by atoms with E-state index < -0.39 is 0 Å². The van der Waals surface area contributed by atoms with Crippen LogP contribution in [0.15, 0.2) is 53.4 Å². The van der Waals surface area contributed by atoms with Gasteiger partial charge in [0.15, 0.2) is 5.13 Å². The Hall–Kier alpha value is -2.09. The third-order valence-electron chi connectivity index (χ3n) is 4.43. The van der Waals surface area contributed by atoms with Gasteiger partial charge >= 0.3 is 0 Å². The van der Waals surface area contributed by atoms with E-state index in [1.54, 1.807) is 30.2 Å². The van der Waals surface area contributed by atoms with Gasteiger partial charge in [0, 0.05) is 29.7 Å². The minimum absolute atomic E-state index is 0.123. The van der Waals surface area contributed by atoms with Crippen molar-refractivity contribution < 1.29 is 9.53 Å². The molecular formula is C22H27N3O2S2. The van der Waals surface area contributed by atoms with Crippen LogP contribution in [-0.4, -0.2) is 55.8 Å². The van der Waals surface area contributed by atoms with Gasteiger partial charge in [-0.3, -0.25) is 9.69 Å². The van der Waals surface area contributed by atoms with Gasteiger partial charge in [0.1, 0.15) is 5.75 Å². The molecule has 5 nitrogen and oxygen atoms in total. The molecule has 1 amide bonds. The lowest BCUT2D eigenvalue weighted by atomic mass is 10.3. The van der Waals surface area contributed by atoms with Crippen molar-refractivity contribution in [3.05, 3.63) is 48.5 Å².